The third-order valence-corrected chi connectivity index (χ3v) is 5.25. The van der Waals surface area contributed by atoms with E-state index >= 15 is 0 Å². The molecule has 1 N–H and O–H groups in total. The third-order valence-electron chi connectivity index (χ3n) is 4.28. The number of hydrogen-bond acceptors (Lipinski definition) is 6. The summed E-state index contributed by atoms with van der Waals surface area (Å²) in [6.45, 7) is 4.33. The van der Waals surface area contributed by atoms with Crippen LogP contribution in [0.15, 0.2) is 65.6 Å². The number of amides is 1. The van der Waals surface area contributed by atoms with E-state index in [4.69, 9.17) is 14.2 Å². The van der Waals surface area contributed by atoms with Crippen LogP contribution >= 0.6 is 11.8 Å². The Kier molecular flexibility index (Phi) is 8.18. The second-order valence-electron chi connectivity index (χ2n) is 6.53. The van der Waals surface area contributed by atoms with Crippen molar-refractivity contribution in [2.24, 2.45) is 0 Å². The van der Waals surface area contributed by atoms with Gasteiger partial charge in [0.15, 0.2) is 6.61 Å². The third kappa shape index (κ3) is 6.65. The van der Waals surface area contributed by atoms with E-state index in [1.165, 1.54) is 11.8 Å². The van der Waals surface area contributed by atoms with Gasteiger partial charge in [-0.05, 0) is 48.9 Å². The largest absolute Gasteiger partial charge is 0.494 e. The number of esters is 1. The summed E-state index contributed by atoms with van der Waals surface area (Å²) in [4.78, 5) is 25.3. The first-order valence-corrected chi connectivity index (χ1v) is 11.0. The van der Waals surface area contributed by atoms with Crippen LogP contribution in [0.1, 0.15) is 13.8 Å². The van der Waals surface area contributed by atoms with Gasteiger partial charge >= 0.3 is 5.97 Å². The summed E-state index contributed by atoms with van der Waals surface area (Å²) >= 11 is 1.37. The van der Waals surface area contributed by atoms with Gasteiger partial charge in [-0.2, -0.15) is 0 Å². The molecule has 0 atom stereocenters. The molecule has 0 radical (unpaired) electrons. The fourth-order valence-corrected chi connectivity index (χ4v) is 3.66. The fraction of sp³-hybridized carbons (Fsp3) is 0.250. The quantitative estimate of drug-likeness (QED) is 0.357. The van der Waals surface area contributed by atoms with E-state index in [-0.39, 0.29) is 12.4 Å². The Labute approximate surface area is 185 Å². The molecule has 0 heterocycles. The van der Waals surface area contributed by atoms with E-state index < -0.39 is 11.9 Å². The number of rotatable bonds is 10. The maximum absolute atomic E-state index is 12.3. The average Bonchev–Trinajstić information content (AvgIpc) is 2.78. The molecular formula is C24H25NO5S. The lowest BCUT2D eigenvalue weighted by molar-refractivity contribution is -0.144. The van der Waals surface area contributed by atoms with Crippen LogP contribution in [0.3, 0.4) is 0 Å². The molecule has 1 amide bonds. The SMILES string of the molecule is CCOc1ccc(OCC)c(NC(=O)COC(=O)CSc2ccc3ccccc3c2)c1. The standard InChI is InChI=1S/C24H25NO5S/c1-3-28-19-10-12-22(29-4-2)21(14-19)25-23(26)15-30-24(27)16-31-20-11-9-17-7-5-6-8-18(17)13-20/h5-14H,3-4,15-16H2,1-2H3,(H,25,26). The molecule has 0 saturated carbocycles. The first kappa shape index (κ1) is 22.5. The molecular weight excluding hydrogens is 414 g/mol. The van der Waals surface area contributed by atoms with Crippen molar-refractivity contribution in [3.05, 3.63) is 60.7 Å². The van der Waals surface area contributed by atoms with Crippen molar-refractivity contribution in [1.82, 2.24) is 0 Å². The molecule has 0 aliphatic rings. The molecule has 0 aliphatic heterocycles. The minimum absolute atomic E-state index is 0.121. The number of hydrogen-bond donors (Lipinski definition) is 1. The lowest BCUT2D eigenvalue weighted by Gasteiger charge is -2.13. The molecule has 31 heavy (non-hydrogen) atoms. The Balaban J connectivity index is 1.50. The molecule has 3 aromatic rings. The van der Waals surface area contributed by atoms with E-state index in [0.29, 0.717) is 30.4 Å². The number of nitrogens with one attached hydrogen (secondary N) is 1. The molecule has 0 spiro atoms. The van der Waals surface area contributed by atoms with Crippen LogP contribution in [-0.2, 0) is 14.3 Å². The number of fused-ring (bicyclic) bond motifs is 1. The van der Waals surface area contributed by atoms with Gasteiger partial charge in [-0.15, -0.1) is 11.8 Å². The van der Waals surface area contributed by atoms with Gasteiger partial charge in [0.25, 0.3) is 5.91 Å². The van der Waals surface area contributed by atoms with Crippen molar-refractivity contribution >= 4 is 40.1 Å². The molecule has 0 fully saturated rings. The molecule has 0 unspecified atom stereocenters. The zero-order valence-corrected chi connectivity index (χ0v) is 18.4. The Morgan fingerprint density at radius 3 is 2.45 bits per heavy atom. The van der Waals surface area contributed by atoms with Crippen molar-refractivity contribution in [2.45, 2.75) is 18.7 Å². The molecule has 0 saturated heterocycles. The van der Waals surface area contributed by atoms with Crippen molar-refractivity contribution in [3.63, 3.8) is 0 Å². The first-order valence-electron chi connectivity index (χ1n) is 10.1. The zero-order chi connectivity index (χ0) is 22.1. The van der Waals surface area contributed by atoms with Gasteiger partial charge in [0.1, 0.15) is 11.5 Å². The van der Waals surface area contributed by atoms with E-state index in [9.17, 15) is 9.59 Å². The van der Waals surface area contributed by atoms with Crippen molar-refractivity contribution < 1.29 is 23.8 Å². The maximum Gasteiger partial charge on any atom is 0.316 e. The van der Waals surface area contributed by atoms with E-state index in [1.54, 1.807) is 18.2 Å². The number of carbonyl (C=O) groups excluding carboxylic acids is 2. The second-order valence-corrected chi connectivity index (χ2v) is 7.58. The molecule has 0 bridgehead atoms. The van der Waals surface area contributed by atoms with Crippen LogP contribution in [-0.4, -0.2) is 37.4 Å². The van der Waals surface area contributed by atoms with Crippen molar-refractivity contribution in [3.8, 4) is 11.5 Å². The van der Waals surface area contributed by atoms with Crippen molar-refractivity contribution in [1.29, 1.82) is 0 Å². The Hall–Kier alpha value is -3.19. The first-order chi connectivity index (χ1) is 15.1. The Morgan fingerprint density at radius 1 is 0.903 bits per heavy atom. The fourth-order valence-electron chi connectivity index (χ4n) is 2.92. The van der Waals surface area contributed by atoms with Crippen LogP contribution in [0, 0.1) is 0 Å². The highest BCUT2D eigenvalue weighted by molar-refractivity contribution is 8.00. The van der Waals surface area contributed by atoms with E-state index in [0.717, 1.165) is 15.7 Å². The summed E-state index contributed by atoms with van der Waals surface area (Å²) in [6.07, 6.45) is 0. The van der Waals surface area contributed by atoms with Gasteiger partial charge in [-0.25, -0.2) is 0 Å². The summed E-state index contributed by atoms with van der Waals surface area (Å²) in [7, 11) is 0. The van der Waals surface area contributed by atoms with E-state index in [1.807, 2.05) is 56.3 Å². The van der Waals surface area contributed by atoms with E-state index in [2.05, 4.69) is 5.32 Å². The van der Waals surface area contributed by atoms with Gasteiger partial charge in [0, 0.05) is 11.0 Å². The average molecular weight is 440 g/mol. The maximum atomic E-state index is 12.3. The van der Waals surface area contributed by atoms with Gasteiger partial charge < -0.3 is 19.5 Å². The highest BCUT2D eigenvalue weighted by Crippen LogP contribution is 2.29. The molecule has 3 rings (SSSR count). The molecule has 7 heteroatoms. The zero-order valence-electron chi connectivity index (χ0n) is 17.6. The second kappa shape index (κ2) is 11.3. The van der Waals surface area contributed by atoms with Gasteiger partial charge in [-0.3, -0.25) is 9.59 Å². The number of thioether (sulfide) groups is 1. The highest BCUT2D eigenvalue weighted by atomic mass is 32.2. The van der Waals surface area contributed by atoms with Gasteiger partial charge in [0.2, 0.25) is 0 Å². The molecule has 0 aliphatic carbocycles. The molecule has 6 nitrogen and oxygen atoms in total. The minimum atomic E-state index is -0.457. The topological polar surface area (TPSA) is 73.9 Å². The molecule has 0 aromatic heterocycles. The van der Waals surface area contributed by atoms with Crippen molar-refractivity contribution in [2.75, 3.05) is 30.9 Å². The summed E-state index contributed by atoms with van der Waals surface area (Å²) in [5.74, 6) is 0.359. The normalized spacial score (nSPS) is 10.5. The predicted molar refractivity (Wildman–Crippen MR) is 123 cm³/mol. The van der Waals surface area contributed by atoms with Crippen LogP contribution in [0.5, 0.6) is 11.5 Å². The van der Waals surface area contributed by atoms with Gasteiger partial charge in [0.05, 0.1) is 24.7 Å². The Bertz CT molecular complexity index is 1050. The van der Waals surface area contributed by atoms with Crippen LogP contribution in [0.2, 0.25) is 0 Å². The van der Waals surface area contributed by atoms with Crippen LogP contribution < -0.4 is 14.8 Å². The number of benzene rings is 3. The molecule has 3 aromatic carbocycles. The monoisotopic (exact) mass is 439 g/mol. The minimum Gasteiger partial charge on any atom is -0.494 e. The van der Waals surface area contributed by atoms with Crippen LogP contribution in [0.4, 0.5) is 5.69 Å². The van der Waals surface area contributed by atoms with Crippen LogP contribution in [0.25, 0.3) is 10.8 Å². The highest BCUT2D eigenvalue weighted by Gasteiger charge is 2.12. The van der Waals surface area contributed by atoms with Gasteiger partial charge in [-0.1, -0.05) is 30.3 Å². The summed E-state index contributed by atoms with van der Waals surface area (Å²) < 4.78 is 16.1. The predicted octanol–water partition coefficient (Wildman–Crippen LogP) is 4.91. The summed E-state index contributed by atoms with van der Waals surface area (Å²) in [6, 6.07) is 19.2. The number of ether oxygens (including phenoxy) is 3. The lowest BCUT2D eigenvalue weighted by Crippen LogP contribution is -2.22. The molecule has 162 valence electrons. The Morgan fingerprint density at radius 2 is 1.68 bits per heavy atom. The lowest BCUT2D eigenvalue weighted by atomic mass is 10.1. The number of anilines is 1. The smallest absolute Gasteiger partial charge is 0.316 e. The number of carbonyl (C=O) groups is 2. The summed E-state index contributed by atoms with van der Waals surface area (Å²) in [5.41, 5.74) is 0.472. The summed E-state index contributed by atoms with van der Waals surface area (Å²) in [5, 5.41) is 4.97.